The number of nitrogens with zero attached hydrogens (tertiary/aromatic N) is 3. The van der Waals surface area contributed by atoms with E-state index in [2.05, 4.69) is 20.5 Å². The second kappa shape index (κ2) is 5.40. The standard InChI is InChI=1S/C14H13N5O/c20-14(16-10-11-5-6-15-9-11)12-3-1-2-4-13(12)19-17-7-8-18-19/h1-9,15H,10H2,(H,16,20). The summed E-state index contributed by atoms with van der Waals surface area (Å²) in [5.74, 6) is -0.154. The summed E-state index contributed by atoms with van der Waals surface area (Å²) in [5, 5.41) is 11.0. The Hall–Kier alpha value is -2.89. The molecule has 0 aliphatic rings. The van der Waals surface area contributed by atoms with Gasteiger partial charge in [0.25, 0.3) is 5.91 Å². The van der Waals surface area contributed by atoms with Gasteiger partial charge in [-0.3, -0.25) is 4.79 Å². The van der Waals surface area contributed by atoms with E-state index >= 15 is 0 Å². The molecule has 0 saturated carbocycles. The zero-order chi connectivity index (χ0) is 13.8. The van der Waals surface area contributed by atoms with Crippen molar-refractivity contribution in [3.05, 3.63) is 66.2 Å². The maximum Gasteiger partial charge on any atom is 0.253 e. The number of nitrogens with one attached hydrogen (secondary N) is 2. The molecule has 6 heteroatoms. The number of benzene rings is 1. The zero-order valence-corrected chi connectivity index (χ0v) is 10.7. The molecule has 1 aromatic carbocycles. The number of carbonyl (C=O) groups is 1. The van der Waals surface area contributed by atoms with Crippen molar-refractivity contribution in [2.24, 2.45) is 0 Å². The highest BCUT2D eigenvalue weighted by Gasteiger charge is 2.12. The van der Waals surface area contributed by atoms with Crippen LogP contribution in [0.25, 0.3) is 5.69 Å². The van der Waals surface area contributed by atoms with E-state index in [9.17, 15) is 4.79 Å². The van der Waals surface area contributed by atoms with Gasteiger partial charge in [0.1, 0.15) is 0 Å². The number of para-hydroxylation sites is 1. The van der Waals surface area contributed by atoms with Gasteiger partial charge in [0.15, 0.2) is 0 Å². The average Bonchev–Trinajstić information content (AvgIpc) is 3.18. The predicted molar refractivity (Wildman–Crippen MR) is 73.3 cm³/mol. The third-order valence-electron chi connectivity index (χ3n) is 2.90. The molecule has 2 heterocycles. The monoisotopic (exact) mass is 267 g/mol. The molecule has 20 heavy (non-hydrogen) atoms. The molecule has 100 valence electrons. The molecule has 0 aliphatic carbocycles. The van der Waals surface area contributed by atoms with Gasteiger partial charge in [-0.1, -0.05) is 12.1 Å². The third-order valence-corrected chi connectivity index (χ3v) is 2.90. The van der Waals surface area contributed by atoms with Gasteiger partial charge < -0.3 is 10.3 Å². The highest BCUT2D eigenvalue weighted by Crippen LogP contribution is 2.12. The first-order valence-corrected chi connectivity index (χ1v) is 6.20. The summed E-state index contributed by atoms with van der Waals surface area (Å²) in [4.78, 5) is 16.7. The van der Waals surface area contributed by atoms with Gasteiger partial charge >= 0.3 is 0 Å². The fourth-order valence-electron chi connectivity index (χ4n) is 1.93. The van der Waals surface area contributed by atoms with Gasteiger partial charge in [0.05, 0.1) is 23.6 Å². The molecule has 0 radical (unpaired) electrons. The molecule has 3 aromatic rings. The van der Waals surface area contributed by atoms with Crippen LogP contribution in [-0.4, -0.2) is 25.9 Å². The van der Waals surface area contributed by atoms with Crippen molar-refractivity contribution in [3.63, 3.8) is 0 Å². The van der Waals surface area contributed by atoms with E-state index in [1.54, 1.807) is 18.5 Å². The van der Waals surface area contributed by atoms with Crippen LogP contribution in [0.4, 0.5) is 0 Å². The van der Waals surface area contributed by atoms with Gasteiger partial charge in [0, 0.05) is 18.9 Å². The molecule has 0 saturated heterocycles. The lowest BCUT2D eigenvalue weighted by Gasteiger charge is -2.08. The molecule has 0 atom stereocenters. The number of hydrogen-bond donors (Lipinski definition) is 2. The lowest BCUT2D eigenvalue weighted by Crippen LogP contribution is -2.24. The molecule has 1 amide bonds. The minimum Gasteiger partial charge on any atom is -0.367 e. The van der Waals surface area contributed by atoms with Crippen LogP contribution in [0.1, 0.15) is 15.9 Å². The van der Waals surface area contributed by atoms with E-state index < -0.39 is 0 Å². The van der Waals surface area contributed by atoms with Crippen LogP contribution in [0.2, 0.25) is 0 Å². The number of aromatic nitrogens is 4. The van der Waals surface area contributed by atoms with Gasteiger partial charge in [-0.2, -0.15) is 15.0 Å². The topological polar surface area (TPSA) is 75.6 Å². The van der Waals surface area contributed by atoms with Crippen molar-refractivity contribution in [3.8, 4) is 5.69 Å². The van der Waals surface area contributed by atoms with Crippen molar-refractivity contribution in [1.29, 1.82) is 0 Å². The molecular weight excluding hydrogens is 254 g/mol. The van der Waals surface area contributed by atoms with E-state index in [1.165, 1.54) is 4.80 Å². The Kier molecular flexibility index (Phi) is 3.28. The Labute approximate surface area is 115 Å². The van der Waals surface area contributed by atoms with Crippen molar-refractivity contribution in [2.75, 3.05) is 0 Å². The summed E-state index contributed by atoms with van der Waals surface area (Å²) < 4.78 is 0. The molecule has 0 aliphatic heterocycles. The first-order valence-electron chi connectivity index (χ1n) is 6.20. The number of rotatable bonds is 4. The number of H-pyrrole nitrogens is 1. The zero-order valence-electron chi connectivity index (χ0n) is 10.7. The molecular formula is C14H13N5O. The Morgan fingerprint density at radius 2 is 2.00 bits per heavy atom. The molecule has 0 spiro atoms. The van der Waals surface area contributed by atoms with Gasteiger partial charge in [0.2, 0.25) is 0 Å². The Morgan fingerprint density at radius 1 is 1.20 bits per heavy atom. The van der Waals surface area contributed by atoms with Crippen molar-refractivity contribution in [2.45, 2.75) is 6.54 Å². The van der Waals surface area contributed by atoms with Gasteiger partial charge in [-0.05, 0) is 23.8 Å². The number of carbonyl (C=O) groups excluding carboxylic acids is 1. The fraction of sp³-hybridized carbons (Fsp3) is 0.0714. The second-order valence-corrected chi connectivity index (χ2v) is 4.24. The van der Waals surface area contributed by atoms with Crippen LogP contribution in [0.5, 0.6) is 0 Å². The largest absolute Gasteiger partial charge is 0.367 e. The van der Waals surface area contributed by atoms with Crippen LogP contribution >= 0.6 is 0 Å². The maximum absolute atomic E-state index is 12.3. The lowest BCUT2D eigenvalue weighted by atomic mass is 10.1. The normalized spacial score (nSPS) is 10.4. The Morgan fingerprint density at radius 3 is 2.75 bits per heavy atom. The fourth-order valence-corrected chi connectivity index (χ4v) is 1.93. The van der Waals surface area contributed by atoms with Crippen LogP contribution < -0.4 is 5.32 Å². The minimum absolute atomic E-state index is 0.154. The maximum atomic E-state index is 12.3. The summed E-state index contributed by atoms with van der Waals surface area (Å²) >= 11 is 0. The summed E-state index contributed by atoms with van der Waals surface area (Å²) in [7, 11) is 0. The van der Waals surface area contributed by atoms with Gasteiger partial charge in [-0.15, -0.1) is 0 Å². The molecule has 2 N–H and O–H groups in total. The quantitative estimate of drug-likeness (QED) is 0.752. The van der Waals surface area contributed by atoms with Crippen LogP contribution in [-0.2, 0) is 6.54 Å². The van der Waals surface area contributed by atoms with Crippen LogP contribution in [0.15, 0.2) is 55.1 Å². The number of amides is 1. The van der Waals surface area contributed by atoms with E-state index in [1.807, 2.05) is 36.7 Å². The van der Waals surface area contributed by atoms with E-state index in [0.29, 0.717) is 17.8 Å². The summed E-state index contributed by atoms with van der Waals surface area (Å²) in [6, 6.07) is 9.15. The summed E-state index contributed by atoms with van der Waals surface area (Å²) in [6.45, 7) is 0.475. The van der Waals surface area contributed by atoms with Crippen LogP contribution in [0, 0.1) is 0 Å². The predicted octanol–water partition coefficient (Wildman–Crippen LogP) is 1.53. The number of aromatic amines is 1. The first-order chi connectivity index (χ1) is 9.84. The highest BCUT2D eigenvalue weighted by molar-refractivity contribution is 5.97. The van der Waals surface area contributed by atoms with E-state index in [4.69, 9.17) is 0 Å². The lowest BCUT2D eigenvalue weighted by molar-refractivity contribution is 0.0950. The molecule has 0 bridgehead atoms. The molecule has 6 nitrogen and oxygen atoms in total. The molecule has 0 unspecified atom stereocenters. The first kappa shape index (κ1) is 12.2. The van der Waals surface area contributed by atoms with Crippen molar-refractivity contribution in [1.82, 2.24) is 25.3 Å². The molecule has 3 rings (SSSR count). The SMILES string of the molecule is O=C(NCc1cc[nH]c1)c1ccccc1-n1nccn1. The molecule has 0 fully saturated rings. The van der Waals surface area contributed by atoms with Crippen molar-refractivity contribution < 1.29 is 4.79 Å². The second-order valence-electron chi connectivity index (χ2n) is 4.24. The third kappa shape index (κ3) is 2.44. The van der Waals surface area contributed by atoms with E-state index in [-0.39, 0.29) is 5.91 Å². The van der Waals surface area contributed by atoms with Gasteiger partial charge in [-0.25, -0.2) is 0 Å². The highest BCUT2D eigenvalue weighted by atomic mass is 16.1. The number of hydrogen-bond acceptors (Lipinski definition) is 3. The Balaban J connectivity index is 1.81. The Bertz CT molecular complexity index is 688. The summed E-state index contributed by atoms with van der Waals surface area (Å²) in [5.41, 5.74) is 2.22. The minimum atomic E-state index is -0.154. The van der Waals surface area contributed by atoms with E-state index in [0.717, 1.165) is 5.56 Å². The smallest absolute Gasteiger partial charge is 0.253 e. The summed E-state index contributed by atoms with van der Waals surface area (Å²) in [6.07, 6.45) is 6.83. The average molecular weight is 267 g/mol. The van der Waals surface area contributed by atoms with Crippen LogP contribution in [0.3, 0.4) is 0 Å². The van der Waals surface area contributed by atoms with Crippen molar-refractivity contribution >= 4 is 5.91 Å². The molecule has 2 aromatic heterocycles.